The molecule has 0 spiro atoms. The van der Waals surface area contributed by atoms with Gasteiger partial charge >= 0.3 is 6.01 Å². The molecule has 32 heavy (non-hydrogen) atoms. The minimum absolute atomic E-state index is 0.0556. The summed E-state index contributed by atoms with van der Waals surface area (Å²) in [5.41, 5.74) is 0.959. The monoisotopic (exact) mass is 456 g/mol. The summed E-state index contributed by atoms with van der Waals surface area (Å²) < 4.78 is 37.8. The van der Waals surface area contributed by atoms with Gasteiger partial charge in [-0.2, -0.15) is 4.31 Å². The number of hydrogen-bond donors (Lipinski definition) is 1. The largest absolute Gasteiger partial charge is 0.497 e. The van der Waals surface area contributed by atoms with Crippen LogP contribution in [0, 0.1) is 5.92 Å². The summed E-state index contributed by atoms with van der Waals surface area (Å²) in [4.78, 5) is 12.7. The molecule has 1 N–H and O–H groups in total. The fourth-order valence-corrected chi connectivity index (χ4v) is 4.92. The third-order valence-electron chi connectivity index (χ3n) is 5.48. The fourth-order valence-electron chi connectivity index (χ4n) is 3.45. The van der Waals surface area contributed by atoms with Crippen LogP contribution < -0.4 is 10.1 Å². The molecule has 0 unspecified atom stereocenters. The van der Waals surface area contributed by atoms with E-state index < -0.39 is 15.9 Å². The second kappa shape index (κ2) is 9.09. The molecule has 0 bridgehead atoms. The number of methoxy groups -OCH3 is 1. The zero-order valence-corrected chi connectivity index (χ0v) is 18.6. The van der Waals surface area contributed by atoms with E-state index in [4.69, 9.17) is 9.15 Å². The molecule has 0 radical (unpaired) electrons. The number of benzene rings is 2. The van der Waals surface area contributed by atoms with E-state index in [1.807, 2.05) is 0 Å². The van der Waals surface area contributed by atoms with Gasteiger partial charge in [0.05, 0.1) is 12.0 Å². The highest BCUT2D eigenvalue weighted by molar-refractivity contribution is 7.89. The molecule has 1 aliphatic heterocycles. The van der Waals surface area contributed by atoms with Gasteiger partial charge < -0.3 is 9.15 Å². The van der Waals surface area contributed by atoms with Crippen LogP contribution in [0.2, 0.25) is 0 Å². The lowest BCUT2D eigenvalue weighted by Crippen LogP contribution is -2.37. The summed E-state index contributed by atoms with van der Waals surface area (Å²) in [6.45, 7) is 3.15. The summed E-state index contributed by atoms with van der Waals surface area (Å²) in [7, 11) is -1.99. The van der Waals surface area contributed by atoms with E-state index in [-0.39, 0.29) is 22.4 Å². The van der Waals surface area contributed by atoms with Crippen molar-refractivity contribution in [3.63, 3.8) is 0 Å². The predicted octanol–water partition coefficient (Wildman–Crippen LogP) is 3.42. The molecule has 2 heterocycles. The summed E-state index contributed by atoms with van der Waals surface area (Å²) in [5, 5.41) is 10.3. The molecule has 0 saturated carbocycles. The molecular weight excluding hydrogens is 432 g/mol. The van der Waals surface area contributed by atoms with Gasteiger partial charge in [0, 0.05) is 24.2 Å². The molecule has 4 rings (SSSR count). The molecule has 1 aromatic heterocycles. The van der Waals surface area contributed by atoms with Crippen LogP contribution in [0.4, 0.5) is 6.01 Å². The van der Waals surface area contributed by atoms with Crippen LogP contribution in [0.3, 0.4) is 0 Å². The minimum atomic E-state index is -3.57. The molecular formula is C22H24N4O5S. The number of sulfonamides is 1. The van der Waals surface area contributed by atoms with E-state index in [2.05, 4.69) is 22.4 Å². The molecule has 0 atom stereocenters. The number of ether oxygens (including phenoxy) is 1. The average Bonchev–Trinajstić information content (AvgIpc) is 3.28. The topological polar surface area (TPSA) is 115 Å². The quantitative estimate of drug-likeness (QED) is 0.604. The van der Waals surface area contributed by atoms with Gasteiger partial charge in [-0.15, -0.1) is 5.10 Å². The summed E-state index contributed by atoms with van der Waals surface area (Å²) in [5.74, 6) is 0.996. The van der Waals surface area contributed by atoms with Crippen LogP contribution in [0.25, 0.3) is 11.5 Å². The van der Waals surface area contributed by atoms with E-state index in [0.29, 0.717) is 30.3 Å². The van der Waals surface area contributed by atoms with Crippen molar-refractivity contribution in [3.8, 4) is 17.2 Å². The average molecular weight is 457 g/mol. The molecule has 9 nitrogen and oxygen atoms in total. The van der Waals surface area contributed by atoms with Crippen molar-refractivity contribution in [2.75, 3.05) is 25.5 Å². The Balaban J connectivity index is 1.42. The van der Waals surface area contributed by atoms with Gasteiger partial charge in [0.1, 0.15) is 5.75 Å². The number of rotatable bonds is 6. The Hall–Kier alpha value is -3.24. The highest BCUT2D eigenvalue weighted by Crippen LogP contribution is 2.25. The number of carbonyl (C=O) groups is 1. The zero-order chi connectivity index (χ0) is 22.7. The number of anilines is 1. The van der Waals surface area contributed by atoms with Gasteiger partial charge in [0.15, 0.2) is 0 Å². The van der Waals surface area contributed by atoms with E-state index in [1.165, 1.54) is 28.6 Å². The van der Waals surface area contributed by atoms with Crippen LogP contribution in [0.1, 0.15) is 30.1 Å². The Morgan fingerprint density at radius 3 is 2.34 bits per heavy atom. The third kappa shape index (κ3) is 4.66. The van der Waals surface area contributed by atoms with Crippen molar-refractivity contribution in [1.82, 2.24) is 14.5 Å². The number of hydrogen-bond acceptors (Lipinski definition) is 7. The SMILES string of the molecule is COc1ccc(-c2nnc(NC(=O)c3ccc(S(=O)(=O)N4CCC(C)CC4)cc3)o2)cc1. The van der Waals surface area contributed by atoms with Gasteiger partial charge in [-0.05, 0) is 67.3 Å². The maximum Gasteiger partial charge on any atom is 0.322 e. The standard InChI is InChI=1S/C22H24N4O5S/c1-15-11-13-26(14-12-15)32(28,29)19-9-5-16(6-10-19)20(27)23-22-25-24-21(31-22)17-3-7-18(30-2)8-4-17/h3-10,15H,11-14H2,1-2H3,(H,23,25,27). The first kappa shape index (κ1) is 22.0. The maximum absolute atomic E-state index is 12.8. The zero-order valence-electron chi connectivity index (χ0n) is 17.8. The van der Waals surface area contributed by atoms with Crippen molar-refractivity contribution in [2.45, 2.75) is 24.7 Å². The molecule has 1 aliphatic rings. The number of piperidine rings is 1. The number of aromatic nitrogens is 2. The van der Waals surface area contributed by atoms with Crippen LogP contribution in [-0.2, 0) is 10.0 Å². The number of amides is 1. The Morgan fingerprint density at radius 1 is 1.06 bits per heavy atom. The number of nitrogens with one attached hydrogen (secondary N) is 1. The highest BCUT2D eigenvalue weighted by Gasteiger charge is 2.28. The second-order valence-electron chi connectivity index (χ2n) is 7.71. The van der Waals surface area contributed by atoms with Gasteiger partial charge in [-0.3, -0.25) is 10.1 Å². The molecule has 1 saturated heterocycles. The third-order valence-corrected chi connectivity index (χ3v) is 7.39. The smallest absolute Gasteiger partial charge is 0.322 e. The van der Waals surface area contributed by atoms with Crippen LogP contribution in [-0.4, -0.2) is 49.0 Å². The first-order valence-corrected chi connectivity index (χ1v) is 11.7. The normalized spacial score (nSPS) is 15.4. The Morgan fingerprint density at radius 2 is 1.72 bits per heavy atom. The van der Waals surface area contributed by atoms with Crippen LogP contribution in [0.15, 0.2) is 57.8 Å². The van der Waals surface area contributed by atoms with E-state index in [1.54, 1.807) is 31.4 Å². The lowest BCUT2D eigenvalue weighted by Gasteiger charge is -2.29. The van der Waals surface area contributed by atoms with E-state index >= 15 is 0 Å². The predicted molar refractivity (Wildman–Crippen MR) is 118 cm³/mol. The number of nitrogens with zero attached hydrogens (tertiary/aromatic N) is 3. The van der Waals surface area contributed by atoms with E-state index in [0.717, 1.165) is 12.8 Å². The Bertz CT molecular complexity index is 1180. The Labute approximate surface area is 186 Å². The summed E-state index contributed by atoms with van der Waals surface area (Å²) in [6.07, 6.45) is 1.70. The lowest BCUT2D eigenvalue weighted by molar-refractivity contribution is 0.102. The van der Waals surface area contributed by atoms with Gasteiger partial charge in [0.25, 0.3) is 5.91 Å². The molecule has 2 aromatic carbocycles. The maximum atomic E-state index is 12.8. The van der Waals surface area contributed by atoms with Gasteiger partial charge in [-0.25, -0.2) is 8.42 Å². The van der Waals surface area contributed by atoms with Crippen molar-refractivity contribution in [1.29, 1.82) is 0 Å². The molecule has 168 valence electrons. The molecule has 1 amide bonds. The van der Waals surface area contributed by atoms with Crippen molar-refractivity contribution >= 4 is 21.9 Å². The lowest BCUT2D eigenvalue weighted by atomic mass is 10.0. The van der Waals surface area contributed by atoms with E-state index in [9.17, 15) is 13.2 Å². The molecule has 0 aliphatic carbocycles. The van der Waals surface area contributed by atoms with Crippen molar-refractivity contribution in [2.24, 2.45) is 5.92 Å². The highest BCUT2D eigenvalue weighted by atomic mass is 32.2. The first-order chi connectivity index (χ1) is 15.4. The second-order valence-corrected chi connectivity index (χ2v) is 9.64. The minimum Gasteiger partial charge on any atom is -0.497 e. The molecule has 1 fully saturated rings. The van der Waals surface area contributed by atoms with Crippen molar-refractivity contribution < 1.29 is 22.4 Å². The fraction of sp³-hybridized carbons (Fsp3) is 0.318. The van der Waals surface area contributed by atoms with Crippen LogP contribution in [0.5, 0.6) is 5.75 Å². The summed E-state index contributed by atoms with van der Waals surface area (Å²) >= 11 is 0. The van der Waals surface area contributed by atoms with Crippen molar-refractivity contribution in [3.05, 3.63) is 54.1 Å². The first-order valence-electron chi connectivity index (χ1n) is 10.3. The Kier molecular flexibility index (Phi) is 6.24. The van der Waals surface area contributed by atoms with Crippen LogP contribution >= 0.6 is 0 Å². The van der Waals surface area contributed by atoms with Gasteiger partial charge in [0.2, 0.25) is 15.9 Å². The number of carbonyl (C=O) groups excluding carboxylic acids is 1. The van der Waals surface area contributed by atoms with Gasteiger partial charge in [-0.1, -0.05) is 12.0 Å². The molecule has 10 heteroatoms. The summed E-state index contributed by atoms with van der Waals surface area (Å²) in [6, 6.07) is 12.8. The molecule has 3 aromatic rings.